The first kappa shape index (κ1) is 24.4. The van der Waals surface area contributed by atoms with Gasteiger partial charge in [0.25, 0.3) is 0 Å². The average molecular weight is 446 g/mol. The Balaban J connectivity index is 1.85. The molecule has 3 aromatic rings. The molecule has 0 heterocycles. The van der Waals surface area contributed by atoms with Gasteiger partial charge in [0.2, 0.25) is 0 Å². The number of carbonyl (C=O) groups is 1. The third-order valence-corrected chi connectivity index (χ3v) is 5.94. The SMILES string of the molecule is CCC(c1cccc(N(C(C)C)C(C)C)c1)c1cc(COC(=O)c2ccccc2)ccc1O. The van der Waals surface area contributed by atoms with Crippen LogP contribution < -0.4 is 4.90 Å². The lowest BCUT2D eigenvalue weighted by Crippen LogP contribution is -2.37. The summed E-state index contributed by atoms with van der Waals surface area (Å²) < 4.78 is 5.50. The second-order valence-corrected chi connectivity index (χ2v) is 8.99. The monoisotopic (exact) mass is 445 g/mol. The molecule has 33 heavy (non-hydrogen) atoms. The molecule has 0 aliphatic carbocycles. The molecule has 0 radical (unpaired) electrons. The van der Waals surface area contributed by atoms with Gasteiger partial charge in [-0.3, -0.25) is 0 Å². The molecule has 0 fully saturated rings. The average Bonchev–Trinajstić information content (AvgIpc) is 2.80. The smallest absolute Gasteiger partial charge is 0.338 e. The summed E-state index contributed by atoms with van der Waals surface area (Å²) in [6, 6.07) is 23.8. The van der Waals surface area contributed by atoms with E-state index in [9.17, 15) is 9.90 Å². The lowest BCUT2D eigenvalue weighted by Gasteiger charge is -2.34. The number of phenols is 1. The zero-order valence-electron chi connectivity index (χ0n) is 20.3. The lowest BCUT2D eigenvalue weighted by atomic mass is 9.87. The van der Waals surface area contributed by atoms with Crippen molar-refractivity contribution in [2.45, 2.75) is 65.6 Å². The molecule has 0 aromatic heterocycles. The third-order valence-electron chi connectivity index (χ3n) is 5.94. The Morgan fingerprint density at radius 3 is 2.24 bits per heavy atom. The van der Waals surface area contributed by atoms with E-state index < -0.39 is 0 Å². The van der Waals surface area contributed by atoms with Gasteiger partial charge in [0.1, 0.15) is 12.4 Å². The number of anilines is 1. The maximum atomic E-state index is 12.3. The highest BCUT2D eigenvalue weighted by atomic mass is 16.5. The molecule has 0 spiro atoms. The van der Waals surface area contributed by atoms with Gasteiger partial charge in [-0.05, 0) is 81.6 Å². The van der Waals surface area contributed by atoms with Crippen molar-refractivity contribution in [3.05, 3.63) is 95.1 Å². The van der Waals surface area contributed by atoms with Crippen LogP contribution in [0.15, 0.2) is 72.8 Å². The fourth-order valence-corrected chi connectivity index (χ4v) is 4.51. The fourth-order valence-electron chi connectivity index (χ4n) is 4.51. The number of hydrogen-bond acceptors (Lipinski definition) is 4. The quantitative estimate of drug-likeness (QED) is 0.363. The van der Waals surface area contributed by atoms with Crippen LogP contribution in [0.1, 0.15) is 74.0 Å². The number of benzene rings is 3. The molecule has 3 aromatic carbocycles. The Kier molecular flexibility index (Phi) is 8.16. The molecule has 1 N–H and O–H groups in total. The molecular weight excluding hydrogens is 410 g/mol. The molecule has 0 saturated carbocycles. The normalized spacial score (nSPS) is 12.1. The Hall–Kier alpha value is -3.27. The molecule has 4 nitrogen and oxygen atoms in total. The topological polar surface area (TPSA) is 49.8 Å². The van der Waals surface area contributed by atoms with Crippen LogP contribution in [0.3, 0.4) is 0 Å². The van der Waals surface area contributed by atoms with Crippen molar-refractivity contribution >= 4 is 11.7 Å². The van der Waals surface area contributed by atoms with Crippen molar-refractivity contribution in [3.63, 3.8) is 0 Å². The third kappa shape index (κ3) is 5.95. The zero-order chi connectivity index (χ0) is 24.0. The van der Waals surface area contributed by atoms with Crippen LogP contribution in [-0.4, -0.2) is 23.2 Å². The molecular formula is C29H35NO3. The Bertz CT molecular complexity index is 1050. The van der Waals surface area contributed by atoms with Crippen LogP contribution in [0, 0.1) is 0 Å². The van der Waals surface area contributed by atoms with E-state index in [1.165, 1.54) is 5.69 Å². The van der Waals surface area contributed by atoms with Crippen LogP contribution in [0.5, 0.6) is 5.75 Å². The molecule has 3 rings (SSSR count). The largest absolute Gasteiger partial charge is 0.508 e. The summed E-state index contributed by atoms with van der Waals surface area (Å²) >= 11 is 0. The number of rotatable bonds is 9. The van der Waals surface area contributed by atoms with Crippen molar-refractivity contribution in [1.82, 2.24) is 0 Å². The first-order valence-electron chi connectivity index (χ1n) is 11.7. The molecule has 4 heteroatoms. The van der Waals surface area contributed by atoms with E-state index in [0.717, 1.165) is 23.1 Å². The second kappa shape index (κ2) is 11.0. The first-order chi connectivity index (χ1) is 15.8. The van der Waals surface area contributed by atoms with Gasteiger partial charge in [-0.15, -0.1) is 0 Å². The minimum absolute atomic E-state index is 0.0379. The minimum Gasteiger partial charge on any atom is -0.508 e. The number of nitrogens with zero attached hydrogens (tertiary/aromatic N) is 1. The van der Waals surface area contributed by atoms with Gasteiger partial charge in [0.15, 0.2) is 0 Å². The van der Waals surface area contributed by atoms with E-state index in [1.807, 2.05) is 24.3 Å². The van der Waals surface area contributed by atoms with Gasteiger partial charge in [-0.25, -0.2) is 4.79 Å². The van der Waals surface area contributed by atoms with Crippen LogP contribution in [0.4, 0.5) is 5.69 Å². The molecule has 174 valence electrons. The maximum Gasteiger partial charge on any atom is 0.338 e. The second-order valence-electron chi connectivity index (χ2n) is 8.99. The number of ether oxygens (including phenoxy) is 1. The van der Waals surface area contributed by atoms with Crippen LogP contribution in [0.2, 0.25) is 0 Å². The van der Waals surface area contributed by atoms with E-state index >= 15 is 0 Å². The van der Waals surface area contributed by atoms with E-state index in [0.29, 0.717) is 17.6 Å². The summed E-state index contributed by atoms with van der Waals surface area (Å²) in [5.74, 6) is -0.0571. The fraction of sp³-hybridized carbons (Fsp3) is 0.345. The summed E-state index contributed by atoms with van der Waals surface area (Å²) in [5, 5.41) is 10.7. The van der Waals surface area contributed by atoms with E-state index in [-0.39, 0.29) is 24.2 Å². The predicted molar refractivity (Wildman–Crippen MR) is 135 cm³/mol. The highest BCUT2D eigenvalue weighted by molar-refractivity contribution is 5.89. The van der Waals surface area contributed by atoms with Gasteiger partial charge < -0.3 is 14.7 Å². The molecule has 1 atom stereocenters. The molecule has 0 bridgehead atoms. The van der Waals surface area contributed by atoms with Crippen LogP contribution >= 0.6 is 0 Å². The van der Waals surface area contributed by atoms with E-state index in [4.69, 9.17) is 4.74 Å². The molecule has 0 saturated heterocycles. The van der Waals surface area contributed by atoms with E-state index in [2.05, 4.69) is 63.8 Å². The van der Waals surface area contributed by atoms with Gasteiger partial charge >= 0.3 is 5.97 Å². The Morgan fingerprint density at radius 2 is 1.61 bits per heavy atom. The van der Waals surface area contributed by atoms with Crippen molar-refractivity contribution in [2.75, 3.05) is 4.90 Å². The number of hydrogen-bond donors (Lipinski definition) is 1. The molecule has 0 aliphatic heterocycles. The number of esters is 1. The summed E-state index contributed by atoms with van der Waals surface area (Å²) in [5.41, 5.74) is 4.58. The van der Waals surface area contributed by atoms with Crippen molar-refractivity contribution < 1.29 is 14.6 Å². The van der Waals surface area contributed by atoms with Gasteiger partial charge in [-0.2, -0.15) is 0 Å². The molecule has 0 amide bonds. The number of aromatic hydroxyl groups is 1. The zero-order valence-corrected chi connectivity index (χ0v) is 20.3. The van der Waals surface area contributed by atoms with Crippen molar-refractivity contribution in [3.8, 4) is 5.75 Å². The standard InChI is InChI=1S/C29H35NO3/c1-6-26(24-13-10-14-25(18-24)30(20(2)3)21(4)5)27-17-22(15-16-28(27)31)19-33-29(32)23-11-8-7-9-12-23/h7-18,20-21,26,31H,6,19H2,1-5H3. The van der Waals surface area contributed by atoms with E-state index in [1.54, 1.807) is 24.3 Å². The van der Waals surface area contributed by atoms with Crippen molar-refractivity contribution in [2.24, 2.45) is 0 Å². The molecule has 1 unspecified atom stereocenters. The molecule has 0 aliphatic rings. The van der Waals surface area contributed by atoms with Gasteiger partial charge in [0.05, 0.1) is 5.56 Å². The van der Waals surface area contributed by atoms with Crippen LogP contribution in [0.25, 0.3) is 0 Å². The van der Waals surface area contributed by atoms with Crippen molar-refractivity contribution in [1.29, 1.82) is 0 Å². The van der Waals surface area contributed by atoms with Gasteiger partial charge in [0, 0.05) is 29.3 Å². The minimum atomic E-state index is -0.354. The Morgan fingerprint density at radius 1 is 0.909 bits per heavy atom. The lowest BCUT2D eigenvalue weighted by molar-refractivity contribution is 0.0472. The van der Waals surface area contributed by atoms with Gasteiger partial charge in [-0.1, -0.05) is 43.3 Å². The Labute approximate surface area is 197 Å². The summed E-state index contributed by atoms with van der Waals surface area (Å²) in [7, 11) is 0. The number of phenolic OH excluding ortho intramolecular Hbond substituents is 1. The summed E-state index contributed by atoms with van der Waals surface area (Å²) in [4.78, 5) is 14.7. The highest BCUT2D eigenvalue weighted by Crippen LogP contribution is 2.36. The summed E-state index contributed by atoms with van der Waals surface area (Å²) in [6.07, 6.45) is 0.841. The predicted octanol–water partition coefficient (Wildman–Crippen LogP) is 6.91. The summed E-state index contributed by atoms with van der Waals surface area (Å²) in [6.45, 7) is 11.1. The first-order valence-corrected chi connectivity index (χ1v) is 11.7. The highest BCUT2D eigenvalue weighted by Gasteiger charge is 2.20. The maximum absolute atomic E-state index is 12.3. The number of carbonyl (C=O) groups excluding carboxylic acids is 1. The van der Waals surface area contributed by atoms with Crippen LogP contribution in [-0.2, 0) is 11.3 Å².